The second-order valence-corrected chi connectivity index (χ2v) is 6.35. The molecule has 3 aromatic carbocycles. The van der Waals surface area contributed by atoms with Gasteiger partial charge in [-0.15, -0.1) is 0 Å². The van der Waals surface area contributed by atoms with E-state index in [1.807, 2.05) is 24.3 Å². The monoisotopic (exact) mass is 373 g/mol. The first-order valence-electron chi connectivity index (χ1n) is 8.51. The first-order valence-corrected chi connectivity index (χ1v) is 8.51. The van der Waals surface area contributed by atoms with Crippen molar-refractivity contribution >= 4 is 17.8 Å². The molecule has 0 saturated carbocycles. The van der Waals surface area contributed by atoms with Gasteiger partial charge in [-0.1, -0.05) is 48.5 Å². The Kier molecular flexibility index (Phi) is 4.21. The van der Waals surface area contributed by atoms with Crippen molar-refractivity contribution in [3.05, 3.63) is 99.6 Å². The van der Waals surface area contributed by atoms with E-state index in [4.69, 9.17) is 0 Å². The normalized spacial score (nSPS) is 13.8. The van der Waals surface area contributed by atoms with Crippen LogP contribution in [-0.2, 0) is 10.4 Å². The average molecular weight is 373 g/mol. The summed E-state index contributed by atoms with van der Waals surface area (Å²) in [5, 5.41) is 25.9. The zero-order valence-electron chi connectivity index (χ0n) is 14.6. The molecule has 0 saturated heterocycles. The zero-order valence-corrected chi connectivity index (χ0v) is 14.6. The minimum atomic E-state index is -1.85. The molecular formula is C21H15N3O4. The molecule has 7 nitrogen and oxygen atoms in total. The van der Waals surface area contributed by atoms with Gasteiger partial charge in [0.1, 0.15) is 0 Å². The molecule has 3 aromatic rings. The largest absolute Gasteiger partial charge is 0.372 e. The SMILES string of the molecule is O=C(NN=Cc1ccc([N+](=O)[O-])cc1)C1(O)c2ccccc2-c2ccccc21. The van der Waals surface area contributed by atoms with Crippen LogP contribution in [0.3, 0.4) is 0 Å². The van der Waals surface area contributed by atoms with Crippen molar-refractivity contribution in [2.75, 3.05) is 0 Å². The molecule has 138 valence electrons. The van der Waals surface area contributed by atoms with Gasteiger partial charge in [-0.05, 0) is 28.8 Å². The van der Waals surface area contributed by atoms with E-state index in [1.54, 1.807) is 24.3 Å². The molecule has 0 radical (unpaired) electrons. The van der Waals surface area contributed by atoms with Gasteiger partial charge >= 0.3 is 0 Å². The van der Waals surface area contributed by atoms with Crippen molar-refractivity contribution in [1.29, 1.82) is 0 Å². The Balaban J connectivity index is 1.60. The Labute approximate surface area is 160 Å². The highest BCUT2D eigenvalue weighted by Gasteiger charge is 2.47. The number of benzene rings is 3. The number of nitrogens with zero attached hydrogens (tertiary/aromatic N) is 2. The minimum absolute atomic E-state index is 0.0327. The Morgan fingerprint density at radius 2 is 1.50 bits per heavy atom. The Morgan fingerprint density at radius 1 is 0.964 bits per heavy atom. The summed E-state index contributed by atoms with van der Waals surface area (Å²) in [4.78, 5) is 23.1. The Hall–Kier alpha value is -3.84. The zero-order chi connectivity index (χ0) is 19.7. The lowest BCUT2D eigenvalue weighted by Gasteiger charge is -2.23. The number of hydrogen-bond acceptors (Lipinski definition) is 5. The van der Waals surface area contributed by atoms with Gasteiger partial charge in [0.25, 0.3) is 11.6 Å². The molecule has 0 aliphatic heterocycles. The van der Waals surface area contributed by atoms with Crippen LogP contribution in [0.1, 0.15) is 16.7 Å². The van der Waals surface area contributed by atoms with E-state index in [-0.39, 0.29) is 5.69 Å². The smallest absolute Gasteiger partial charge is 0.281 e. The molecular weight excluding hydrogens is 358 g/mol. The van der Waals surface area contributed by atoms with Crippen LogP contribution >= 0.6 is 0 Å². The Morgan fingerprint density at radius 3 is 2.04 bits per heavy atom. The summed E-state index contributed by atoms with van der Waals surface area (Å²) in [5.41, 5.74) is 3.67. The third kappa shape index (κ3) is 2.74. The van der Waals surface area contributed by atoms with Crippen LogP contribution in [0, 0.1) is 10.1 Å². The number of carbonyl (C=O) groups excluding carboxylic acids is 1. The number of fused-ring (bicyclic) bond motifs is 3. The summed E-state index contributed by atoms with van der Waals surface area (Å²) in [6.07, 6.45) is 1.36. The van der Waals surface area contributed by atoms with E-state index in [2.05, 4.69) is 10.5 Å². The van der Waals surface area contributed by atoms with E-state index in [9.17, 15) is 20.0 Å². The Bertz CT molecular complexity index is 1060. The van der Waals surface area contributed by atoms with Crippen molar-refractivity contribution in [3.8, 4) is 11.1 Å². The molecule has 4 rings (SSSR count). The summed E-state index contributed by atoms with van der Waals surface area (Å²) >= 11 is 0. The summed E-state index contributed by atoms with van der Waals surface area (Å²) in [6.45, 7) is 0. The summed E-state index contributed by atoms with van der Waals surface area (Å²) in [5.74, 6) is -0.678. The van der Waals surface area contributed by atoms with Crippen LogP contribution in [-0.4, -0.2) is 22.2 Å². The number of hydrazone groups is 1. The van der Waals surface area contributed by atoms with Crippen LogP contribution < -0.4 is 5.43 Å². The van der Waals surface area contributed by atoms with Crippen LogP contribution in [0.2, 0.25) is 0 Å². The number of nitrogens with one attached hydrogen (secondary N) is 1. The van der Waals surface area contributed by atoms with Gasteiger partial charge < -0.3 is 5.11 Å². The predicted octanol–water partition coefficient (Wildman–Crippen LogP) is 2.96. The van der Waals surface area contributed by atoms with E-state index in [0.717, 1.165) is 11.1 Å². The van der Waals surface area contributed by atoms with Gasteiger partial charge in [0.05, 0.1) is 11.1 Å². The van der Waals surface area contributed by atoms with Gasteiger partial charge in [0, 0.05) is 23.3 Å². The van der Waals surface area contributed by atoms with Gasteiger partial charge in [-0.25, -0.2) is 5.43 Å². The molecule has 28 heavy (non-hydrogen) atoms. The van der Waals surface area contributed by atoms with Crippen molar-refractivity contribution in [3.63, 3.8) is 0 Å². The number of aliphatic hydroxyl groups is 1. The molecule has 1 amide bonds. The first-order chi connectivity index (χ1) is 13.5. The second kappa shape index (κ2) is 6.71. The third-order valence-corrected chi connectivity index (χ3v) is 4.74. The summed E-state index contributed by atoms with van der Waals surface area (Å²) < 4.78 is 0. The van der Waals surface area contributed by atoms with Crippen LogP contribution in [0.25, 0.3) is 11.1 Å². The van der Waals surface area contributed by atoms with Gasteiger partial charge in [0.15, 0.2) is 5.60 Å². The molecule has 2 N–H and O–H groups in total. The van der Waals surface area contributed by atoms with Gasteiger partial charge in [0.2, 0.25) is 0 Å². The molecule has 0 bridgehead atoms. The maximum Gasteiger partial charge on any atom is 0.281 e. The number of amides is 1. The molecule has 1 aliphatic rings. The molecule has 1 aliphatic carbocycles. The number of non-ortho nitro benzene ring substituents is 1. The number of rotatable bonds is 4. The fourth-order valence-electron chi connectivity index (χ4n) is 3.39. The standard InChI is InChI=1S/C21H15N3O4/c25-20(23-22-13-14-9-11-15(12-10-14)24(27)28)21(26)18-7-3-1-5-16(18)17-6-2-4-8-19(17)21/h1-13,26H,(H,23,25). The highest BCUT2D eigenvalue weighted by atomic mass is 16.6. The van der Waals surface area contributed by atoms with Gasteiger partial charge in [-0.3, -0.25) is 14.9 Å². The topological polar surface area (TPSA) is 105 Å². The molecule has 0 unspecified atom stereocenters. The maximum absolute atomic E-state index is 12.9. The fourth-order valence-corrected chi connectivity index (χ4v) is 3.39. The maximum atomic E-state index is 12.9. The second-order valence-electron chi connectivity index (χ2n) is 6.35. The third-order valence-electron chi connectivity index (χ3n) is 4.74. The molecule has 0 atom stereocenters. The summed E-state index contributed by atoms with van der Waals surface area (Å²) in [7, 11) is 0. The molecule has 7 heteroatoms. The van der Waals surface area contributed by atoms with Crippen molar-refractivity contribution < 1.29 is 14.8 Å². The number of carbonyl (C=O) groups is 1. The summed E-state index contributed by atoms with van der Waals surface area (Å²) in [6, 6.07) is 20.1. The van der Waals surface area contributed by atoms with Crippen LogP contribution in [0.4, 0.5) is 5.69 Å². The van der Waals surface area contributed by atoms with Crippen LogP contribution in [0.5, 0.6) is 0 Å². The quantitative estimate of drug-likeness (QED) is 0.417. The van der Waals surface area contributed by atoms with Crippen molar-refractivity contribution in [2.45, 2.75) is 5.60 Å². The predicted molar refractivity (Wildman–Crippen MR) is 104 cm³/mol. The molecule has 0 spiro atoms. The number of nitro groups is 1. The lowest BCUT2D eigenvalue weighted by atomic mass is 9.91. The molecule has 0 aromatic heterocycles. The highest BCUT2D eigenvalue weighted by molar-refractivity contribution is 5.99. The van der Waals surface area contributed by atoms with E-state index >= 15 is 0 Å². The lowest BCUT2D eigenvalue weighted by Crippen LogP contribution is -2.42. The van der Waals surface area contributed by atoms with Crippen molar-refractivity contribution in [1.82, 2.24) is 5.43 Å². The minimum Gasteiger partial charge on any atom is -0.372 e. The van der Waals surface area contributed by atoms with Gasteiger partial charge in [-0.2, -0.15) is 5.10 Å². The first kappa shape index (κ1) is 17.6. The van der Waals surface area contributed by atoms with E-state index in [1.165, 1.54) is 30.5 Å². The average Bonchev–Trinajstić information content (AvgIpc) is 2.99. The van der Waals surface area contributed by atoms with E-state index < -0.39 is 16.4 Å². The van der Waals surface area contributed by atoms with E-state index in [0.29, 0.717) is 16.7 Å². The highest BCUT2D eigenvalue weighted by Crippen LogP contribution is 2.47. The number of nitro benzene ring substituents is 1. The molecule has 0 heterocycles. The molecule has 0 fully saturated rings. The van der Waals surface area contributed by atoms with Crippen LogP contribution in [0.15, 0.2) is 77.9 Å². The lowest BCUT2D eigenvalue weighted by molar-refractivity contribution is -0.384. The number of hydrogen-bond donors (Lipinski definition) is 2. The fraction of sp³-hybridized carbons (Fsp3) is 0.0476. The van der Waals surface area contributed by atoms with Crippen molar-refractivity contribution in [2.24, 2.45) is 5.10 Å².